The van der Waals surface area contributed by atoms with Gasteiger partial charge in [0.25, 0.3) is 5.91 Å². The summed E-state index contributed by atoms with van der Waals surface area (Å²) < 4.78 is 6.05. The Labute approximate surface area is 198 Å². The zero-order chi connectivity index (χ0) is 23.7. The van der Waals surface area contributed by atoms with E-state index in [4.69, 9.17) is 4.74 Å². The van der Waals surface area contributed by atoms with Gasteiger partial charge < -0.3 is 15.0 Å². The van der Waals surface area contributed by atoms with Gasteiger partial charge in [0, 0.05) is 30.9 Å². The lowest BCUT2D eigenvalue weighted by Crippen LogP contribution is -2.31. The van der Waals surface area contributed by atoms with Gasteiger partial charge in [-0.05, 0) is 48.4 Å². The Bertz CT molecular complexity index is 1270. The Morgan fingerprint density at radius 1 is 1.15 bits per heavy atom. The average molecular weight is 458 g/mol. The van der Waals surface area contributed by atoms with Crippen LogP contribution >= 0.6 is 0 Å². The van der Waals surface area contributed by atoms with Crippen molar-refractivity contribution in [1.29, 1.82) is 0 Å². The molecular weight excluding hydrogens is 430 g/mol. The van der Waals surface area contributed by atoms with E-state index in [0.717, 1.165) is 40.4 Å². The molecule has 8 heteroatoms. The lowest BCUT2D eigenvalue weighted by atomic mass is 10.1. The van der Waals surface area contributed by atoms with Crippen molar-refractivity contribution in [1.82, 2.24) is 9.97 Å². The Hall–Kier alpha value is -3.91. The predicted octanol–water partition coefficient (Wildman–Crippen LogP) is 4.05. The Balaban J connectivity index is 1.31. The van der Waals surface area contributed by atoms with Gasteiger partial charge in [0.1, 0.15) is 5.76 Å². The quantitative estimate of drug-likeness (QED) is 0.597. The molecule has 0 atom stereocenters. The van der Waals surface area contributed by atoms with Crippen LogP contribution in [0.3, 0.4) is 0 Å². The SMILES string of the molecule is CCc1ccc2c(n1)NCc1ncc(CCOC3=CCN(O)c4ccccc43)cc1C(=O)N2C. The van der Waals surface area contributed by atoms with Crippen LogP contribution in [0.4, 0.5) is 17.2 Å². The van der Waals surface area contributed by atoms with Crippen LogP contribution in [-0.2, 0) is 24.1 Å². The first-order chi connectivity index (χ1) is 16.5. The van der Waals surface area contributed by atoms with Crippen LogP contribution in [-0.4, -0.2) is 41.3 Å². The van der Waals surface area contributed by atoms with E-state index >= 15 is 0 Å². The van der Waals surface area contributed by atoms with Crippen LogP contribution in [0.1, 0.15) is 39.8 Å². The summed E-state index contributed by atoms with van der Waals surface area (Å²) in [5.41, 5.74) is 5.51. The largest absolute Gasteiger partial charge is 0.493 e. The number of rotatable bonds is 5. The van der Waals surface area contributed by atoms with Gasteiger partial charge in [0.15, 0.2) is 5.82 Å². The van der Waals surface area contributed by atoms with E-state index in [1.165, 1.54) is 5.06 Å². The van der Waals surface area contributed by atoms with Crippen molar-refractivity contribution in [3.05, 3.63) is 82.8 Å². The van der Waals surface area contributed by atoms with Crippen LogP contribution in [0.5, 0.6) is 0 Å². The highest BCUT2D eigenvalue weighted by Gasteiger charge is 2.24. The average Bonchev–Trinajstić information content (AvgIpc) is 2.87. The predicted molar refractivity (Wildman–Crippen MR) is 131 cm³/mol. The van der Waals surface area contributed by atoms with Crippen LogP contribution < -0.4 is 15.3 Å². The van der Waals surface area contributed by atoms with E-state index in [0.29, 0.717) is 43.2 Å². The van der Waals surface area contributed by atoms with Crippen molar-refractivity contribution in [3.8, 4) is 0 Å². The second-order valence-electron chi connectivity index (χ2n) is 8.35. The number of ether oxygens (including phenoxy) is 1. The third-order valence-electron chi connectivity index (χ3n) is 6.19. The van der Waals surface area contributed by atoms with Gasteiger partial charge in [-0.25, -0.2) is 4.98 Å². The van der Waals surface area contributed by atoms with Crippen LogP contribution in [0.15, 0.2) is 54.7 Å². The molecule has 0 saturated heterocycles. The van der Waals surface area contributed by atoms with Crippen molar-refractivity contribution in [2.24, 2.45) is 0 Å². The molecule has 2 aromatic heterocycles. The number of nitrogens with one attached hydrogen (secondary N) is 1. The van der Waals surface area contributed by atoms with Gasteiger partial charge >= 0.3 is 0 Å². The lowest BCUT2D eigenvalue weighted by Gasteiger charge is -2.26. The maximum Gasteiger partial charge on any atom is 0.260 e. The summed E-state index contributed by atoms with van der Waals surface area (Å²) in [6.45, 7) is 3.29. The Morgan fingerprint density at radius 2 is 2.00 bits per heavy atom. The molecule has 0 radical (unpaired) electrons. The molecule has 1 aromatic carbocycles. The monoisotopic (exact) mass is 457 g/mol. The van der Waals surface area contributed by atoms with Crippen LogP contribution in [0, 0.1) is 0 Å². The third kappa shape index (κ3) is 4.08. The minimum Gasteiger partial charge on any atom is -0.493 e. The van der Waals surface area contributed by atoms with E-state index in [1.807, 2.05) is 48.5 Å². The number of nitrogens with zero attached hydrogens (tertiary/aromatic N) is 4. The van der Waals surface area contributed by atoms with Crippen molar-refractivity contribution < 1.29 is 14.7 Å². The van der Waals surface area contributed by atoms with Gasteiger partial charge in [-0.3, -0.25) is 20.0 Å². The summed E-state index contributed by atoms with van der Waals surface area (Å²) in [6, 6.07) is 13.4. The molecule has 4 heterocycles. The highest BCUT2D eigenvalue weighted by molar-refractivity contribution is 6.08. The maximum absolute atomic E-state index is 13.3. The zero-order valence-corrected chi connectivity index (χ0v) is 19.3. The molecule has 0 spiro atoms. The fourth-order valence-electron chi connectivity index (χ4n) is 4.25. The topological polar surface area (TPSA) is 90.8 Å². The highest BCUT2D eigenvalue weighted by atomic mass is 16.5. The second kappa shape index (κ2) is 9.15. The summed E-state index contributed by atoms with van der Waals surface area (Å²) in [7, 11) is 1.76. The van der Waals surface area contributed by atoms with Gasteiger partial charge in [0.2, 0.25) is 0 Å². The molecule has 5 rings (SSSR count). The normalized spacial score (nSPS) is 14.8. The summed E-state index contributed by atoms with van der Waals surface area (Å²) in [4.78, 5) is 24.2. The maximum atomic E-state index is 13.3. The van der Waals surface area contributed by atoms with Crippen molar-refractivity contribution in [2.75, 3.05) is 35.5 Å². The molecule has 34 heavy (non-hydrogen) atoms. The van der Waals surface area contributed by atoms with E-state index in [-0.39, 0.29) is 5.91 Å². The van der Waals surface area contributed by atoms with Crippen molar-refractivity contribution in [2.45, 2.75) is 26.3 Å². The van der Waals surface area contributed by atoms with Gasteiger partial charge in [0.05, 0.1) is 42.3 Å². The number of para-hydroxylation sites is 1. The zero-order valence-electron chi connectivity index (χ0n) is 19.3. The first-order valence-corrected chi connectivity index (χ1v) is 11.4. The van der Waals surface area contributed by atoms with Crippen LogP contribution in [0.2, 0.25) is 0 Å². The number of anilines is 3. The number of benzene rings is 1. The number of aryl methyl sites for hydroxylation is 1. The summed E-state index contributed by atoms with van der Waals surface area (Å²) in [5.74, 6) is 1.34. The van der Waals surface area contributed by atoms with Gasteiger partial charge in [-0.1, -0.05) is 19.1 Å². The number of hydroxylamine groups is 1. The number of pyridine rings is 2. The minimum atomic E-state index is -0.106. The molecule has 174 valence electrons. The summed E-state index contributed by atoms with van der Waals surface area (Å²) in [5, 5.41) is 14.6. The molecule has 0 fully saturated rings. The van der Waals surface area contributed by atoms with Crippen molar-refractivity contribution >= 4 is 28.9 Å². The lowest BCUT2D eigenvalue weighted by molar-refractivity contribution is 0.0991. The van der Waals surface area contributed by atoms with Gasteiger partial charge in [-0.15, -0.1) is 0 Å². The number of hydrogen-bond acceptors (Lipinski definition) is 7. The number of hydrogen-bond donors (Lipinski definition) is 2. The molecule has 0 bridgehead atoms. The number of carbonyl (C=O) groups is 1. The van der Waals surface area contributed by atoms with Crippen molar-refractivity contribution in [3.63, 3.8) is 0 Å². The van der Waals surface area contributed by atoms with E-state index < -0.39 is 0 Å². The first kappa shape index (κ1) is 21.9. The first-order valence-electron chi connectivity index (χ1n) is 11.4. The molecule has 8 nitrogen and oxygen atoms in total. The number of aromatic nitrogens is 2. The second-order valence-corrected chi connectivity index (χ2v) is 8.35. The molecule has 2 aliphatic heterocycles. The van der Waals surface area contributed by atoms with Gasteiger partial charge in [-0.2, -0.15) is 0 Å². The highest BCUT2D eigenvalue weighted by Crippen LogP contribution is 2.31. The number of fused-ring (bicyclic) bond motifs is 3. The molecular formula is C26H27N5O3. The molecule has 0 aliphatic carbocycles. The molecule has 2 N–H and O–H groups in total. The van der Waals surface area contributed by atoms with E-state index in [1.54, 1.807) is 18.1 Å². The molecule has 0 saturated carbocycles. The molecule has 1 amide bonds. The smallest absolute Gasteiger partial charge is 0.260 e. The molecule has 2 aliphatic rings. The fourth-order valence-corrected chi connectivity index (χ4v) is 4.25. The van der Waals surface area contributed by atoms with E-state index in [2.05, 4.69) is 22.2 Å². The van der Waals surface area contributed by atoms with E-state index in [9.17, 15) is 10.0 Å². The molecule has 0 unspecified atom stereocenters. The Morgan fingerprint density at radius 3 is 2.85 bits per heavy atom. The third-order valence-corrected chi connectivity index (χ3v) is 6.19. The fraction of sp³-hybridized carbons (Fsp3) is 0.269. The summed E-state index contributed by atoms with van der Waals surface area (Å²) in [6.07, 6.45) is 5.09. The number of carbonyl (C=O) groups excluding carboxylic acids is 1. The minimum absolute atomic E-state index is 0.106. The number of amides is 1. The standard InChI is InChI=1S/C26H27N5O3/c1-3-18-8-9-23-25(29-18)28-16-21-20(26(32)30(23)2)14-17(15-27-21)11-13-34-24-10-12-31(33)22-7-5-4-6-19(22)24/h4-10,14-15,33H,3,11-13,16H2,1-2H3,(H,28,29). The summed E-state index contributed by atoms with van der Waals surface area (Å²) >= 11 is 0. The van der Waals surface area contributed by atoms with Crippen LogP contribution in [0.25, 0.3) is 5.76 Å². The molecule has 3 aromatic rings. The Kier molecular flexibility index (Phi) is 5.90.